The molecule has 1 amide bonds. The lowest BCUT2D eigenvalue weighted by molar-refractivity contribution is 0.0953. The fraction of sp³-hybridized carbons (Fsp3) is 0.125. The Hall–Kier alpha value is -2.67. The van der Waals surface area contributed by atoms with Crippen molar-refractivity contribution in [1.29, 1.82) is 0 Å². The van der Waals surface area contributed by atoms with Gasteiger partial charge in [-0.25, -0.2) is 19.3 Å². The average Bonchev–Trinajstić information content (AvgIpc) is 3.00. The van der Waals surface area contributed by atoms with Gasteiger partial charge in [-0.15, -0.1) is 11.3 Å². The second-order valence-corrected chi connectivity index (χ2v) is 5.71. The third-order valence-corrected chi connectivity index (χ3v) is 4.17. The quantitative estimate of drug-likeness (QED) is 0.799. The van der Waals surface area contributed by atoms with Crippen molar-refractivity contribution in [2.24, 2.45) is 0 Å². The van der Waals surface area contributed by atoms with Gasteiger partial charge in [-0.1, -0.05) is 0 Å². The minimum atomic E-state index is -0.296. The Labute approximate surface area is 136 Å². The number of carbonyl (C=O) groups excluding carboxylic acids is 1. The van der Waals surface area contributed by atoms with Crippen molar-refractivity contribution >= 4 is 17.2 Å². The van der Waals surface area contributed by atoms with Gasteiger partial charge in [0.2, 0.25) is 0 Å². The molecule has 0 spiro atoms. The van der Waals surface area contributed by atoms with E-state index in [1.54, 1.807) is 30.6 Å². The predicted octanol–water partition coefficient (Wildman–Crippen LogP) is 2.98. The van der Waals surface area contributed by atoms with Gasteiger partial charge in [0.15, 0.2) is 0 Å². The first-order valence-electron chi connectivity index (χ1n) is 6.88. The van der Waals surface area contributed by atoms with E-state index in [0.717, 1.165) is 5.56 Å². The number of carbonyl (C=O) groups is 1. The highest BCUT2D eigenvalue weighted by molar-refractivity contribution is 7.11. The summed E-state index contributed by atoms with van der Waals surface area (Å²) in [4.78, 5) is 25.0. The van der Waals surface area contributed by atoms with Crippen molar-refractivity contribution in [2.45, 2.75) is 13.5 Å². The van der Waals surface area contributed by atoms with Crippen LogP contribution in [-0.4, -0.2) is 20.9 Å². The molecule has 116 valence electrons. The van der Waals surface area contributed by atoms with Crippen LogP contribution in [0.5, 0.6) is 0 Å². The molecule has 0 bridgehead atoms. The van der Waals surface area contributed by atoms with E-state index in [2.05, 4.69) is 20.3 Å². The molecule has 0 aliphatic heterocycles. The first-order valence-corrected chi connectivity index (χ1v) is 7.76. The number of aryl methyl sites for hydroxylation is 1. The molecule has 0 aliphatic rings. The summed E-state index contributed by atoms with van der Waals surface area (Å²) in [6, 6.07) is 7.84. The summed E-state index contributed by atoms with van der Waals surface area (Å²) in [5.41, 5.74) is 4.50. The Bertz CT molecular complexity index is 832. The zero-order valence-corrected chi connectivity index (χ0v) is 13.1. The highest BCUT2D eigenvalue weighted by atomic mass is 32.1. The molecule has 0 saturated heterocycles. The molecule has 0 aliphatic carbocycles. The lowest BCUT2D eigenvalue weighted by Gasteiger charge is -2.06. The maximum Gasteiger partial charge on any atom is 0.263 e. The second kappa shape index (κ2) is 6.62. The molecule has 3 aromatic rings. The van der Waals surface area contributed by atoms with Crippen molar-refractivity contribution in [3.8, 4) is 11.3 Å². The Morgan fingerprint density at radius 3 is 2.70 bits per heavy atom. The van der Waals surface area contributed by atoms with E-state index in [9.17, 15) is 9.18 Å². The Morgan fingerprint density at radius 1 is 1.22 bits per heavy atom. The summed E-state index contributed by atoms with van der Waals surface area (Å²) in [6.07, 6.45) is 1.43. The molecule has 3 rings (SSSR count). The number of halogens is 1. The summed E-state index contributed by atoms with van der Waals surface area (Å²) in [5, 5.41) is 2.81. The number of benzene rings is 1. The van der Waals surface area contributed by atoms with Crippen LogP contribution in [0.25, 0.3) is 11.3 Å². The van der Waals surface area contributed by atoms with Gasteiger partial charge in [0.1, 0.15) is 17.0 Å². The molecule has 0 radical (unpaired) electrons. The second-order valence-electron chi connectivity index (χ2n) is 4.85. The first kappa shape index (κ1) is 15.2. The maximum atomic E-state index is 13.0. The van der Waals surface area contributed by atoms with Crippen molar-refractivity contribution in [1.82, 2.24) is 20.3 Å². The minimum absolute atomic E-state index is 0.174. The molecule has 1 N–H and O–H groups in total. The van der Waals surface area contributed by atoms with E-state index in [1.807, 2.05) is 0 Å². The highest BCUT2D eigenvalue weighted by Crippen LogP contribution is 2.17. The topological polar surface area (TPSA) is 67.8 Å². The average molecular weight is 328 g/mol. The van der Waals surface area contributed by atoms with Crippen molar-refractivity contribution in [3.05, 3.63) is 64.3 Å². The third kappa shape index (κ3) is 3.57. The molecule has 5 nitrogen and oxygen atoms in total. The summed E-state index contributed by atoms with van der Waals surface area (Å²) in [5.74, 6) is -0.470. The van der Waals surface area contributed by atoms with Gasteiger partial charge >= 0.3 is 0 Å². The van der Waals surface area contributed by atoms with Crippen LogP contribution in [0.2, 0.25) is 0 Å². The van der Waals surface area contributed by atoms with Crippen molar-refractivity contribution < 1.29 is 9.18 Å². The van der Waals surface area contributed by atoms with Crippen LogP contribution in [0, 0.1) is 12.7 Å². The molecule has 1 aromatic carbocycles. The number of hydrogen-bond acceptors (Lipinski definition) is 5. The van der Waals surface area contributed by atoms with Crippen LogP contribution >= 0.6 is 11.3 Å². The van der Waals surface area contributed by atoms with E-state index >= 15 is 0 Å². The Morgan fingerprint density at radius 2 is 2.00 bits per heavy atom. The van der Waals surface area contributed by atoms with E-state index in [4.69, 9.17) is 0 Å². The van der Waals surface area contributed by atoms with E-state index in [1.165, 1.54) is 29.8 Å². The fourth-order valence-electron chi connectivity index (χ4n) is 2.04. The van der Waals surface area contributed by atoms with Gasteiger partial charge in [-0.3, -0.25) is 4.79 Å². The van der Waals surface area contributed by atoms with Crippen LogP contribution in [0.15, 0.2) is 42.2 Å². The van der Waals surface area contributed by atoms with E-state index < -0.39 is 0 Å². The Balaban J connectivity index is 1.72. The molecule has 0 fully saturated rings. The predicted molar refractivity (Wildman–Crippen MR) is 85.4 cm³/mol. The SMILES string of the molecule is Cc1ncsc1C(=O)NCc1cc(-c2ccc(F)cc2)ncn1. The summed E-state index contributed by atoms with van der Waals surface area (Å²) < 4.78 is 13.0. The van der Waals surface area contributed by atoms with Crippen LogP contribution in [0.1, 0.15) is 21.1 Å². The van der Waals surface area contributed by atoms with Crippen LogP contribution < -0.4 is 5.32 Å². The van der Waals surface area contributed by atoms with Crippen LogP contribution in [0.3, 0.4) is 0 Å². The zero-order valence-electron chi connectivity index (χ0n) is 12.3. The standard InChI is InChI=1S/C16H13FN4OS/c1-10-15(23-9-21-10)16(22)18-7-13-6-14(20-8-19-13)11-2-4-12(17)5-3-11/h2-6,8-9H,7H2,1H3,(H,18,22). The lowest BCUT2D eigenvalue weighted by Crippen LogP contribution is -2.23. The summed E-state index contributed by atoms with van der Waals surface area (Å²) in [6.45, 7) is 2.08. The smallest absolute Gasteiger partial charge is 0.263 e. The Kier molecular flexibility index (Phi) is 4.38. The van der Waals surface area contributed by atoms with Gasteiger partial charge in [0.05, 0.1) is 29.1 Å². The molecular formula is C16H13FN4OS. The fourth-order valence-corrected chi connectivity index (χ4v) is 2.76. The minimum Gasteiger partial charge on any atom is -0.346 e. The summed E-state index contributed by atoms with van der Waals surface area (Å²) in [7, 11) is 0. The molecule has 2 heterocycles. The van der Waals surface area contributed by atoms with Gasteiger partial charge in [-0.2, -0.15) is 0 Å². The molecule has 0 saturated carbocycles. The molecule has 0 unspecified atom stereocenters. The molecule has 23 heavy (non-hydrogen) atoms. The largest absolute Gasteiger partial charge is 0.346 e. The number of rotatable bonds is 4. The zero-order chi connectivity index (χ0) is 16.2. The molecule has 0 atom stereocenters. The van der Waals surface area contributed by atoms with Gasteiger partial charge < -0.3 is 5.32 Å². The van der Waals surface area contributed by atoms with Gasteiger partial charge in [0, 0.05) is 5.56 Å². The van der Waals surface area contributed by atoms with Gasteiger partial charge in [0.25, 0.3) is 5.91 Å². The normalized spacial score (nSPS) is 10.5. The van der Waals surface area contributed by atoms with Gasteiger partial charge in [-0.05, 0) is 37.3 Å². The number of aromatic nitrogens is 3. The third-order valence-electron chi connectivity index (χ3n) is 3.25. The number of nitrogens with one attached hydrogen (secondary N) is 1. The first-order chi connectivity index (χ1) is 11.1. The number of amides is 1. The number of thiazole rings is 1. The number of nitrogens with zero attached hydrogens (tertiary/aromatic N) is 3. The molecule has 7 heteroatoms. The monoisotopic (exact) mass is 328 g/mol. The molecular weight excluding hydrogens is 315 g/mol. The van der Waals surface area contributed by atoms with E-state index in [-0.39, 0.29) is 18.3 Å². The van der Waals surface area contributed by atoms with Crippen molar-refractivity contribution in [2.75, 3.05) is 0 Å². The van der Waals surface area contributed by atoms with Crippen molar-refractivity contribution in [3.63, 3.8) is 0 Å². The summed E-state index contributed by atoms with van der Waals surface area (Å²) >= 11 is 1.30. The van der Waals surface area contributed by atoms with Crippen LogP contribution in [0.4, 0.5) is 4.39 Å². The van der Waals surface area contributed by atoms with E-state index in [0.29, 0.717) is 22.0 Å². The number of hydrogen-bond donors (Lipinski definition) is 1. The van der Waals surface area contributed by atoms with Crippen LogP contribution in [-0.2, 0) is 6.54 Å². The maximum absolute atomic E-state index is 13.0. The highest BCUT2D eigenvalue weighted by Gasteiger charge is 2.11. The molecule has 2 aromatic heterocycles. The lowest BCUT2D eigenvalue weighted by atomic mass is 10.1.